The molecule has 98 valence electrons. The molecule has 0 fully saturated rings. The monoisotopic (exact) mass is 259 g/mol. The Morgan fingerprint density at radius 3 is 2.47 bits per heavy atom. The molecule has 2 aromatic rings. The summed E-state index contributed by atoms with van der Waals surface area (Å²) in [6, 6.07) is 7.48. The van der Waals surface area contributed by atoms with Gasteiger partial charge >= 0.3 is 0 Å². The van der Waals surface area contributed by atoms with Gasteiger partial charge in [0.25, 0.3) is 0 Å². The number of aryl methyl sites for hydroxylation is 1. The molecule has 0 radical (unpaired) electrons. The smallest absolute Gasteiger partial charge is 0.212 e. The molecule has 5 heteroatoms. The van der Waals surface area contributed by atoms with Crippen LogP contribution in [0.25, 0.3) is 0 Å². The minimum Gasteiger partial charge on any atom is -0.508 e. The molecule has 0 spiro atoms. The number of Topliss-reactive ketones (excluding diaryl/α,β-unsaturated/α-hetero) is 1. The summed E-state index contributed by atoms with van der Waals surface area (Å²) in [5.41, 5.74) is 0.213. The van der Waals surface area contributed by atoms with Crippen molar-refractivity contribution < 1.29 is 14.3 Å². The van der Waals surface area contributed by atoms with Gasteiger partial charge < -0.3 is 14.8 Å². The molecule has 0 amide bonds. The van der Waals surface area contributed by atoms with E-state index >= 15 is 0 Å². The van der Waals surface area contributed by atoms with E-state index < -0.39 is 0 Å². The van der Waals surface area contributed by atoms with E-state index in [-0.39, 0.29) is 28.4 Å². The predicted octanol–water partition coefficient (Wildman–Crippen LogP) is 2.60. The second-order valence-corrected chi connectivity index (χ2v) is 4.15. The van der Waals surface area contributed by atoms with Crippen LogP contribution in [0.3, 0.4) is 0 Å². The van der Waals surface area contributed by atoms with Crippen molar-refractivity contribution in [1.82, 2.24) is 0 Å². The number of aromatic hydroxyl groups is 1. The molecule has 5 nitrogen and oxygen atoms in total. The molecule has 1 heterocycles. The Kier molecular flexibility index (Phi) is 3.37. The van der Waals surface area contributed by atoms with E-state index in [0.717, 1.165) is 0 Å². The maximum atomic E-state index is 11.8. The quantitative estimate of drug-likeness (QED) is 0.654. The van der Waals surface area contributed by atoms with Gasteiger partial charge in [0.15, 0.2) is 11.2 Å². The number of nitrogens with one attached hydrogen (secondary N) is 1. The van der Waals surface area contributed by atoms with Gasteiger partial charge in [0.1, 0.15) is 17.1 Å². The van der Waals surface area contributed by atoms with Crippen LogP contribution in [-0.4, -0.2) is 10.9 Å². The van der Waals surface area contributed by atoms with Crippen LogP contribution in [-0.2, 0) is 0 Å². The standard InChI is InChI=1S/C14H13NO4/c1-8-7-12(18)13(9(2)16)14(19-8)15-10-3-5-11(17)6-4-10/h3-7,15,17H,1-2H3. The van der Waals surface area contributed by atoms with E-state index in [2.05, 4.69) is 5.32 Å². The van der Waals surface area contributed by atoms with E-state index in [0.29, 0.717) is 11.4 Å². The minimum absolute atomic E-state index is 0.0151. The van der Waals surface area contributed by atoms with Gasteiger partial charge in [0.2, 0.25) is 5.88 Å². The zero-order chi connectivity index (χ0) is 14.0. The molecule has 1 aromatic heterocycles. The number of hydrogen-bond acceptors (Lipinski definition) is 5. The van der Waals surface area contributed by atoms with Crippen LogP contribution in [0.15, 0.2) is 39.5 Å². The van der Waals surface area contributed by atoms with Gasteiger partial charge in [-0.1, -0.05) is 0 Å². The van der Waals surface area contributed by atoms with Gasteiger partial charge in [-0.25, -0.2) is 0 Å². The maximum absolute atomic E-state index is 11.8. The van der Waals surface area contributed by atoms with Crippen molar-refractivity contribution >= 4 is 17.4 Å². The van der Waals surface area contributed by atoms with Crippen molar-refractivity contribution in [2.45, 2.75) is 13.8 Å². The third-order valence-corrected chi connectivity index (χ3v) is 2.55. The fraction of sp³-hybridized carbons (Fsp3) is 0.143. The Balaban J connectivity index is 2.47. The molecule has 19 heavy (non-hydrogen) atoms. The highest BCUT2D eigenvalue weighted by atomic mass is 16.4. The Bertz CT molecular complexity index is 671. The number of rotatable bonds is 3. The lowest BCUT2D eigenvalue weighted by Crippen LogP contribution is -2.15. The van der Waals surface area contributed by atoms with E-state index in [9.17, 15) is 14.7 Å². The van der Waals surface area contributed by atoms with Gasteiger partial charge in [-0.3, -0.25) is 9.59 Å². The molecule has 2 N–H and O–H groups in total. The molecule has 1 aromatic carbocycles. The highest BCUT2D eigenvalue weighted by Gasteiger charge is 2.15. The van der Waals surface area contributed by atoms with E-state index in [1.54, 1.807) is 19.1 Å². The summed E-state index contributed by atoms with van der Waals surface area (Å²) in [7, 11) is 0. The Labute approximate surface area is 109 Å². The van der Waals surface area contributed by atoms with Crippen LogP contribution < -0.4 is 10.7 Å². The maximum Gasteiger partial charge on any atom is 0.212 e. The SMILES string of the molecule is CC(=O)c1c(Nc2ccc(O)cc2)oc(C)cc1=O. The van der Waals surface area contributed by atoms with E-state index in [1.807, 2.05) is 0 Å². The summed E-state index contributed by atoms with van der Waals surface area (Å²) in [4.78, 5) is 23.3. The molecule has 0 unspecified atom stereocenters. The Morgan fingerprint density at radius 2 is 1.89 bits per heavy atom. The second kappa shape index (κ2) is 4.97. The number of hydrogen-bond donors (Lipinski definition) is 2. The molecular weight excluding hydrogens is 246 g/mol. The molecule has 0 saturated carbocycles. The molecule has 2 rings (SSSR count). The van der Waals surface area contributed by atoms with Crippen LogP contribution in [0.5, 0.6) is 5.75 Å². The average Bonchev–Trinajstić information content (AvgIpc) is 2.30. The first-order chi connectivity index (χ1) is 8.97. The lowest BCUT2D eigenvalue weighted by molar-refractivity contribution is 0.101. The summed E-state index contributed by atoms with van der Waals surface area (Å²) in [5.74, 6) is 0.289. The van der Waals surface area contributed by atoms with Crippen molar-refractivity contribution in [3.05, 3.63) is 51.9 Å². The highest BCUT2D eigenvalue weighted by Crippen LogP contribution is 2.22. The first kappa shape index (κ1) is 12.9. The number of ketones is 1. The van der Waals surface area contributed by atoms with Crippen molar-refractivity contribution in [2.75, 3.05) is 5.32 Å². The Hall–Kier alpha value is -2.56. The minimum atomic E-state index is -0.377. The van der Waals surface area contributed by atoms with Crippen LogP contribution in [0.4, 0.5) is 11.6 Å². The van der Waals surface area contributed by atoms with Gasteiger partial charge in [-0.05, 0) is 38.1 Å². The van der Waals surface area contributed by atoms with Crippen LogP contribution in [0.2, 0.25) is 0 Å². The zero-order valence-electron chi connectivity index (χ0n) is 10.6. The third kappa shape index (κ3) is 2.82. The molecule has 0 saturated heterocycles. The largest absolute Gasteiger partial charge is 0.508 e. The van der Waals surface area contributed by atoms with Gasteiger partial charge in [-0.2, -0.15) is 0 Å². The molecule has 0 aliphatic carbocycles. The van der Waals surface area contributed by atoms with Crippen LogP contribution in [0.1, 0.15) is 23.0 Å². The lowest BCUT2D eigenvalue weighted by atomic mass is 10.1. The first-order valence-corrected chi connectivity index (χ1v) is 5.69. The number of anilines is 2. The predicted molar refractivity (Wildman–Crippen MR) is 71.1 cm³/mol. The summed E-state index contributed by atoms with van der Waals surface area (Å²) in [5, 5.41) is 12.1. The number of carbonyl (C=O) groups excluding carboxylic acids is 1. The summed E-state index contributed by atoms with van der Waals surface area (Å²) >= 11 is 0. The van der Waals surface area contributed by atoms with E-state index in [4.69, 9.17) is 4.42 Å². The summed E-state index contributed by atoms with van der Waals surface area (Å²) < 4.78 is 5.39. The summed E-state index contributed by atoms with van der Waals surface area (Å²) in [6.07, 6.45) is 0. The van der Waals surface area contributed by atoms with Crippen LogP contribution >= 0.6 is 0 Å². The van der Waals surface area contributed by atoms with Gasteiger partial charge in [0.05, 0.1) is 0 Å². The third-order valence-electron chi connectivity index (χ3n) is 2.55. The van der Waals surface area contributed by atoms with E-state index in [1.165, 1.54) is 25.1 Å². The topological polar surface area (TPSA) is 79.5 Å². The lowest BCUT2D eigenvalue weighted by Gasteiger charge is -2.09. The van der Waals surface area contributed by atoms with Crippen molar-refractivity contribution in [3.63, 3.8) is 0 Å². The number of benzene rings is 1. The molecule has 0 bridgehead atoms. The average molecular weight is 259 g/mol. The molecule has 0 aliphatic rings. The first-order valence-electron chi connectivity index (χ1n) is 5.69. The summed E-state index contributed by atoms with van der Waals surface area (Å²) in [6.45, 7) is 2.94. The Morgan fingerprint density at radius 1 is 1.26 bits per heavy atom. The molecule has 0 atom stereocenters. The fourth-order valence-corrected chi connectivity index (χ4v) is 1.71. The zero-order valence-corrected chi connectivity index (χ0v) is 10.6. The fourth-order valence-electron chi connectivity index (χ4n) is 1.71. The number of phenolic OH excluding ortho intramolecular Hbond substituents is 1. The van der Waals surface area contributed by atoms with Gasteiger partial charge in [0, 0.05) is 11.8 Å². The molecule has 0 aliphatic heterocycles. The normalized spacial score (nSPS) is 10.2. The van der Waals surface area contributed by atoms with Crippen LogP contribution in [0, 0.1) is 6.92 Å². The van der Waals surface area contributed by atoms with Crippen molar-refractivity contribution in [2.24, 2.45) is 0 Å². The van der Waals surface area contributed by atoms with Gasteiger partial charge in [-0.15, -0.1) is 0 Å². The number of phenols is 1. The van der Waals surface area contributed by atoms with Crippen molar-refractivity contribution in [3.8, 4) is 5.75 Å². The van der Waals surface area contributed by atoms with Crippen molar-refractivity contribution in [1.29, 1.82) is 0 Å². The molecular formula is C14H13NO4. The second-order valence-electron chi connectivity index (χ2n) is 4.15. The highest BCUT2D eigenvalue weighted by molar-refractivity contribution is 5.98. The number of carbonyl (C=O) groups is 1.